The molecule has 1 aromatic rings. The Bertz CT molecular complexity index is 696. The monoisotopic (exact) mass is 371 g/mol. The Morgan fingerprint density at radius 3 is 2.59 bits per heavy atom. The van der Waals surface area contributed by atoms with Gasteiger partial charge < -0.3 is 20.4 Å². The fourth-order valence-electron chi connectivity index (χ4n) is 3.75. The molecule has 2 aliphatic rings. The lowest BCUT2D eigenvalue weighted by molar-refractivity contribution is -0.407. The fraction of sp³-hybridized carbons (Fsp3) is 0.579. The second-order valence-electron chi connectivity index (χ2n) is 7.13. The van der Waals surface area contributed by atoms with Gasteiger partial charge in [-0.15, -0.1) is 0 Å². The summed E-state index contributed by atoms with van der Waals surface area (Å²) in [5.41, 5.74) is 5.06. The number of hydrogen-bond acceptors (Lipinski definition) is 5. The molecule has 0 unspecified atom stereocenters. The Balaban J connectivity index is 1.43. The van der Waals surface area contributed by atoms with Crippen LogP contribution in [0.5, 0.6) is 0 Å². The first-order valence-corrected chi connectivity index (χ1v) is 9.56. The predicted molar refractivity (Wildman–Crippen MR) is 99.3 cm³/mol. The number of amides is 2. The Morgan fingerprint density at radius 2 is 1.93 bits per heavy atom. The number of carbonyl (C=O) groups excluding carboxylic acids is 2. The third-order valence-electron chi connectivity index (χ3n) is 5.40. The number of anilines is 1. The van der Waals surface area contributed by atoms with Crippen molar-refractivity contribution < 1.29 is 15.3 Å². The first-order valence-electron chi connectivity index (χ1n) is 9.56. The van der Waals surface area contributed by atoms with Crippen molar-refractivity contribution in [3.05, 3.63) is 24.5 Å². The largest absolute Gasteiger partial charge is 0.368 e. The molecule has 0 bridgehead atoms. The predicted octanol–water partition coefficient (Wildman–Crippen LogP) is -0.365. The summed E-state index contributed by atoms with van der Waals surface area (Å²) in [5, 5.41) is 9.13. The number of pyridine rings is 1. The second kappa shape index (κ2) is 8.82. The highest BCUT2D eigenvalue weighted by molar-refractivity contribution is 5.82. The zero-order chi connectivity index (χ0) is 19.2. The molecule has 3 rings (SSSR count). The lowest BCUT2D eigenvalue weighted by Crippen LogP contribution is -2.68. The summed E-state index contributed by atoms with van der Waals surface area (Å²) < 4.78 is 0. The van der Waals surface area contributed by atoms with Gasteiger partial charge in [0.15, 0.2) is 6.04 Å². The van der Waals surface area contributed by atoms with Gasteiger partial charge in [0.1, 0.15) is 6.04 Å². The highest BCUT2D eigenvalue weighted by Gasteiger charge is 2.33. The summed E-state index contributed by atoms with van der Waals surface area (Å²) >= 11 is 0. The molecule has 27 heavy (non-hydrogen) atoms. The normalized spacial score (nSPS) is 21.0. The number of carbonyl (C=O) groups is 2. The van der Waals surface area contributed by atoms with E-state index in [0.717, 1.165) is 31.6 Å². The minimum Gasteiger partial charge on any atom is -0.368 e. The number of hydrogen-bond donors (Lipinski definition) is 1. The highest BCUT2D eigenvalue weighted by Crippen LogP contribution is 2.18. The lowest BCUT2D eigenvalue weighted by atomic mass is 10.1. The van der Waals surface area contributed by atoms with Gasteiger partial charge in [-0.2, -0.15) is 5.26 Å². The molecule has 0 aromatic carbocycles. The number of quaternary nitrogens is 1. The van der Waals surface area contributed by atoms with Crippen LogP contribution >= 0.6 is 0 Å². The van der Waals surface area contributed by atoms with Gasteiger partial charge in [0.2, 0.25) is 5.91 Å². The zero-order valence-electron chi connectivity index (χ0n) is 15.6. The molecular weight excluding hydrogens is 344 g/mol. The van der Waals surface area contributed by atoms with Crippen molar-refractivity contribution in [2.24, 2.45) is 0 Å². The second-order valence-corrected chi connectivity index (χ2v) is 7.13. The molecule has 3 heterocycles. The molecule has 0 saturated carbocycles. The van der Waals surface area contributed by atoms with Crippen LogP contribution in [-0.2, 0) is 9.59 Å². The molecule has 8 heteroatoms. The van der Waals surface area contributed by atoms with Crippen molar-refractivity contribution in [3.8, 4) is 6.07 Å². The summed E-state index contributed by atoms with van der Waals surface area (Å²) in [6.45, 7) is 3.56. The number of nitriles is 1. The van der Waals surface area contributed by atoms with Crippen LogP contribution in [0.4, 0.5) is 5.69 Å². The molecule has 8 nitrogen and oxygen atoms in total. The molecule has 2 saturated heterocycles. The zero-order valence-corrected chi connectivity index (χ0v) is 15.6. The van der Waals surface area contributed by atoms with Gasteiger partial charge in [-0.3, -0.25) is 14.6 Å². The maximum absolute atomic E-state index is 12.5. The van der Waals surface area contributed by atoms with E-state index in [0.29, 0.717) is 32.5 Å². The van der Waals surface area contributed by atoms with E-state index >= 15 is 0 Å². The standard InChI is InChI=1S/C19H26N6O2/c20-14-16-2-1-9-25(16)19(27)17(21)3-4-18(26)24-12-10-23(11-13-24)15-5-7-22-8-6-15/h5-8,16-17H,1-4,9-13,21H2/p+1/t16-,17-/m0/s1. The van der Waals surface area contributed by atoms with Gasteiger partial charge in [-0.05, 0) is 25.0 Å². The molecule has 3 N–H and O–H groups in total. The Labute approximate surface area is 159 Å². The van der Waals surface area contributed by atoms with E-state index in [1.165, 1.54) is 0 Å². The minimum atomic E-state index is -0.471. The Kier molecular flexibility index (Phi) is 6.24. The van der Waals surface area contributed by atoms with Crippen molar-refractivity contribution >= 4 is 17.5 Å². The molecule has 1 aromatic heterocycles. The average molecular weight is 371 g/mol. The average Bonchev–Trinajstić information content (AvgIpc) is 3.20. The third-order valence-corrected chi connectivity index (χ3v) is 5.40. The SMILES string of the molecule is N#C[C@@H]1CCCN1C(=O)[C@@H]([NH3+])CCC(=O)N1CCN(c2ccncc2)CC1. The highest BCUT2D eigenvalue weighted by atomic mass is 16.2. The van der Waals surface area contributed by atoms with Gasteiger partial charge in [0, 0.05) is 63.6 Å². The van der Waals surface area contributed by atoms with Crippen LogP contribution in [0.1, 0.15) is 25.7 Å². The lowest BCUT2D eigenvalue weighted by Gasteiger charge is -2.36. The van der Waals surface area contributed by atoms with Crippen LogP contribution in [0.25, 0.3) is 0 Å². The van der Waals surface area contributed by atoms with Crippen LogP contribution in [0.15, 0.2) is 24.5 Å². The van der Waals surface area contributed by atoms with E-state index < -0.39 is 6.04 Å². The van der Waals surface area contributed by atoms with E-state index in [4.69, 9.17) is 5.26 Å². The summed E-state index contributed by atoms with van der Waals surface area (Å²) in [6, 6.07) is 5.32. The first kappa shape index (κ1) is 19.1. The minimum absolute atomic E-state index is 0.0732. The summed E-state index contributed by atoms with van der Waals surface area (Å²) in [7, 11) is 0. The summed E-state index contributed by atoms with van der Waals surface area (Å²) in [4.78, 5) is 34.7. The third kappa shape index (κ3) is 4.55. The van der Waals surface area contributed by atoms with Gasteiger partial charge >= 0.3 is 0 Å². The number of nitrogens with zero attached hydrogens (tertiary/aromatic N) is 5. The van der Waals surface area contributed by atoms with Gasteiger partial charge in [-0.25, -0.2) is 0 Å². The molecule has 2 amide bonds. The molecule has 0 aliphatic carbocycles. The molecule has 0 radical (unpaired) electrons. The van der Waals surface area contributed by atoms with E-state index in [1.807, 2.05) is 17.0 Å². The van der Waals surface area contributed by atoms with E-state index in [2.05, 4.69) is 21.7 Å². The van der Waals surface area contributed by atoms with E-state index in [9.17, 15) is 9.59 Å². The molecular formula is C19H27N6O2+. The molecule has 2 aliphatic heterocycles. The Hall–Kier alpha value is -2.66. The van der Waals surface area contributed by atoms with Gasteiger partial charge in [-0.1, -0.05) is 0 Å². The van der Waals surface area contributed by atoms with Crippen molar-refractivity contribution in [3.63, 3.8) is 0 Å². The molecule has 0 spiro atoms. The maximum atomic E-state index is 12.5. The van der Waals surface area contributed by atoms with Gasteiger partial charge in [0.25, 0.3) is 5.91 Å². The molecule has 2 atom stereocenters. The van der Waals surface area contributed by atoms with Crippen LogP contribution in [0.3, 0.4) is 0 Å². The van der Waals surface area contributed by atoms with Crippen LogP contribution in [-0.4, -0.2) is 71.4 Å². The number of likely N-dealkylation sites (tertiary alicyclic amines) is 1. The van der Waals surface area contributed by atoms with E-state index in [-0.39, 0.29) is 17.9 Å². The van der Waals surface area contributed by atoms with Crippen molar-refractivity contribution in [2.45, 2.75) is 37.8 Å². The van der Waals surface area contributed by atoms with Crippen molar-refractivity contribution in [1.82, 2.24) is 14.8 Å². The fourth-order valence-corrected chi connectivity index (χ4v) is 3.75. The molecule has 144 valence electrons. The van der Waals surface area contributed by atoms with Crippen LogP contribution in [0, 0.1) is 11.3 Å². The molecule has 2 fully saturated rings. The number of piperazine rings is 1. The summed E-state index contributed by atoms with van der Waals surface area (Å²) in [5.74, 6) is -0.0292. The first-order chi connectivity index (χ1) is 13.1. The van der Waals surface area contributed by atoms with Crippen LogP contribution < -0.4 is 10.6 Å². The Morgan fingerprint density at radius 1 is 1.22 bits per heavy atom. The number of aromatic nitrogens is 1. The van der Waals surface area contributed by atoms with Crippen molar-refractivity contribution in [1.29, 1.82) is 5.26 Å². The maximum Gasteiger partial charge on any atom is 0.281 e. The van der Waals surface area contributed by atoms with E-state index in [1.54, 1.807) is 17.3 Å². The summed E-state index contributed by atoms with van der Waals surface area (Å²) in [6.07, 6.45) is 5.88. The van der Waals surface area contributed by atoms with Crippen LogP contribution in [0.2, 0.25) is 0 Å². The smallest absolute Gasteiger partial charge is 0.281 e. The van der Waals surface area contributed by atoms with Gasteiger partial charge in [0.05, 0.1) is 6.07 Å². The number of rotatable bonds is 5. The quantitative estimate of drug-likeness (QED) is 0.760. The van der Waals surface area contributed by atoms with Crippen molar-refractivity contribution in [2.75, 3.05) is 37.6 Å². The topological polar surface area (TPSA) is 108 Å².